The van der Waals surface area contributed by atoms with Gasteiger partial charge in [0, 0.05) is 12.1 Å². The predicted octanol–water partition coefficient (Wildman–Crippen LogP) is 1.63. The standard InChI is InChI=1S/C6H11N/c1-3-6-4-5(2)7-6/h6H,3-4H2,1-2H3. The number of aliphatic imine (C=N–C) groups is 1. The highest BCUT2D eigenvalue weighted by Crippen LogP contribution is 2.14. The van der Waals surface area contributed by atoms with E-state index in [4.69, 9.17) is 0 Å². The molecule has 0 saturated heterocycles. The lowest BCUT2D eigenvalue weighted by Gasteiger charge is -2.19. The molecule has 1 unspecified atom stereocenters. The number of rotatable bonds is 1. The summed E-state index contributed by atoms with van der Waals surface area (Å²) < 4.78 is 0. The largest absolute Gasteiger partial charge is 0.291 e. The lowest BCUT2D eigenvalue weighted by Crippen LogP contribution is -2.19. The highest BCUT2D eigenvalue weighted by Gasteiger charge is 2.13. The van der Waals surface area contributed by atoms with Crippen molar-refractivity contribution in [1.82, 2.24) is 0 Å². The fourth-order valence-electron chi connectivity index (χ4n) is 0.874. The third-order valence-corrected chi connectivity index (χ3v) is 1.41. The van der Waals surface area contributed by atoms with E-state index in [1.165, 1.54) is 18.6 Å². The van der Waals surface area contributed by atoms with Gasteiger partial charge in [-0.15, -0.1) is 0 Å². The van der Waals surface area contributed by atoms with Crippen molar-refractivity contribution in [2.24, 2.45) is 4.99 Å². The van der Waals surface area contributed by atoms with Crippen molar-refractivity contribution in [2.45, 2.75) is 32.7 Å². The van der Waals surface area contributed by atoms with Gasteiger partial charge in [0.2, 0.25) is 0 Å². The van der Waals surface area contributed by atoms with Crippen molar-refractivity contribution < 1.29 is 0 Å². The third-order valence-electron chi connectivity index (χ3n) is 1.41. The fourth-order valence-corrected chi connectivity index (χ4v) is 0.874. The summed E-state index contributed by atoms with van der Waals surface area (Å²) in [5.74, 6) is 0. The minimum Gasteiger partial charge on any atom is -0.291 e. The van der Waals surface area contributed by atoms with Crippen molar-refractivity contribution in [3.63, 3.8) is 0 Å². The van der Waals surface area contributed by atoms with Gasteiger partial charge in [-0.2, -0.15) is 0 Å². The Hall–Kier alpha value is -0.330. The lowest BCUT2D eigenvalue weighted by molar-refractivity contribution is 0.624. The van der Waals surface area contributed by atoms with E-state index in [1.54, 1.807) is 0 Å². The normalized spacial score (nSPS) is 28.9. The van der Waals surface area contributed by atoms with Crippen molar-refractivity contribution >= 4 is 5.71 Å². The molecule has 1 heteroatoms. The van der Waals surface area contributed by atoms with Gasteiger partial charge in [-0.1, -0.05) is 6.92 Å². The maximum atomic E-state index is 4.26. The molecule has 0 bridgehead atoms. The molecule has 0 fully saturated rings. The Morgan fingerprint density at radius 3 is 2.57 bits per heavy atom. The molecule has 1 atom stereocenters. The Balaban J connectivity index is 2.31. The molecule has 0 N–H and O–H groups in total. The molecule has 0 aliphatic carbocycles. The molecule has 0 saturated carbocycles. The molecule has 0 amide bonds. The average molecular weight is 97.2 g/mol. The van der Waals surface area contributed by atoms with Crippen LogP contribution in [0.5, 0.6) is 0 Å². The molecule has 40 valence electrons. The summed E-state index contributed by atoms with van der Waals surface area (Å²) in [5.41, 5.74) is 1.33. The van der Waals surface area contributed by atoms with Crippen molar-refractivity contribution in [2.75, 3.05) is 0 Å². The molecule has 1 rings (SSSR count). The molecule has 7 heavy (non-hydrogen) atoms. The summed E-state index contributed by atoms with van der Waals surface area (Å²) in [5, 5.41) is 0. The van der Waals surface area contributed by atoms with Crippen LogP contribution in [-0.4, -0.2) is 11.8 Å². The van der Waals surface area contributed by atoms with E-state index in [0.717, 1.165) is 0 Å². The summed E-state index contributed by atoms with van der Waals surface area (Å²) in [7, 11) is 0. The molecule has 0 radical (unpaired) electrons. The Labute approximate surface area is 44.5 Å². The van der Waals surface area contributed by atoms with Crippen molar-refractivity contribution in [3.8, 4) is 0 Å². The van der Waals surface area contributed by atoms with Gasteiger partial charge in [-0.3, -0.25) is 4.99 Å². The summed E-state index contributed by atoms with van der Waals surface area (Å²) in [6, 6.07) is 0.681. The molecule has 0 aromatic heterocycles. The van der Waals surface area contributed by atoms with Gasteiger partial charge < -0.3 is 0 Å². The first-order valence-electron chi connectivity index (χ1n) is 2.86. The van der Waals surface area contributed by atoms with Gasteiger partial charge in [0.15, 0.2) is 0 Å². The maximum absolute atomic E-state index is 4.26. The van der Waals surface area contributed by atoms with Crippen LogP contribution >= 0.6 is 0 Å². The Morgan fingerprint density at radius 1 is 1.86 bits per heavy atom. The predicted molar refractivity (Wildman–Crippen MR) is 31.8 cm³/mol. The fraction of sp³-hybridized carbons (Fsp3) is 0.833. The maximum Gasteiger partial charge on any atom is 0.0548 e. The number of nitrogens with zero attached hydrogens (tertiary/aromatic N) is 1. The molecular formula is C6H11N. The van der Waals surface area contributed by atoms with Crippen LogP contribution in [0.25, 0.3) is 0 Å². The van der Waals surface area contributed by atoms with Gasteiger partial charge in [-0.05, 0) is 13.3 Å². The molecule has 0 aromatic rings. The molecule has 0 spiro atoms. The second-order valence-corrected chi connectivity index (χ2v) is 2.13. The van der Waals surface area contributed by atoms with E-state index in [1.807, 2.05) is 0 Å². The molecular weight excluding hydrogens is 86.1 g/mol. The summed E-state index contributed by atoms with van der Waals surface area (Å²) in [4.78, 5) is 4.26. The number of hydrogen-bond acceptors (Lipinski definition) is 1. The Bertz CT molecular complexity index is 94.4. The molecule has 1 aliphatic rings. The zero-order valence-corrected chi connectivity index (χ0v) is 4.94. The third kappa shape index (κ3) is 0.817. The van der Waals surface area contributed by atoms with Gasteiger partial charge in [0.05, 0.1) is 6.04 Å². The van der Waals surface area contributed by atoms with Crippen LogP contribution < -0.4 is 0 Å². The van der Waals surface area contributed by atoms with Crippen LogP contribution in [0.3, 0.4) is 0 Å². The zero-order chi connectivity index (χ0) is 5.28. The quantitative estimate of drug-likeness (QED) is 0.471. The van der Waals surface area contributed by atoms with Crippen LogP contribution in [0.15, 0.2) is 4.99 Å². The highest BCUT2D eigenvalue weighted by molar-refractivity contribution is 5.86. The van der Waals surface area contributed by atoms with Crippen LogP contribution in [0.4, 0.5) is 0 Å². The average Bonchev–Trinajstić information content (AvgIpc) is 1.58. The summed E-state index contributed by atoms with van der Waals surface area (Å²) in [6.45, 7) is 4.27. The minimum absolute atomic E-state index is 0.681. The van der Waals surface area contributed by atoms with E-state index < -0.39 is 0 Å². The minimum atomic E-state index is 0.681. The van der Waals surface area contributed by atoms with Crippen LogP contribution in [-0.2, 0) is 0 Å². The first-order valence-corrected chi connectivity index (χ1v) is 2.86. The topological polar surface area (TPSA) is 12.4 Å². The first kappa shape index (κ1) is 4.82. The van der Waals surface area contributed by atoms with Crippen molar-refractivity contribution in [3.05, 3.63) is 0 Å². The van der Waals surface area contributed by atoms with E-state index in [9.17, 15) is 0 Å². The smallest absolute Gasteiger partial charge is 0.0548 e. The second kappa shape index (κ2) is 1.65. The van der Waals surface area contributed by atoms with E-state index in [0.29, 0.717) is 6.04 Å². The van der Waals surface area contributed by atoms with E-state index in [2.05, 4.69) is 18.8 Å². The van der Waals surface area contributed by atoms with Gasteiger partial charge >= 0.3 is 0 Å². The van der Waals surface area contributed by atoms with Gasteiger partial charge in [0.25, 0.3) is 0 Å². The SMILES string of the molecule is CCC1CC(C)=N1. The van der Waals surface area contributed by atoms with Crippen LogP contribution in [0, 0.1) is 0 Å². The van der Waals surface area contributed by atoms with Gasteiger partial charge in [-0.25, -0.2) is 0 Å². The zero-order valence-electron chi connectivity index (χ0n) is 4.94. The van der Waals surface area contributed by atoms with Gasteiger partial charge in [0.1, 0.15) is 0 Å². The molecule has 1 nitrogen and oxygen atoms in total. The summed E-state index contributed by atoms with van der Waals surface area (Å²) >= 11 is 0. The second-order valence-electron chi connectivity index (χ2n) is 2.13. The first-order chi connectivity index (χ1) is 3.33. The van der Waals surface area contributed by atoms with E-state index in [-0.39, 0.29) is 0 Å². The molecule has 0 aromatic carbocycles. The molecule has 1 heterocycles. The van der Waals surface area contributed by atoms with Crippen molar-refractivity contribution in [1.29, 1.82) is 0 Å². The highest BCUT2D eigenvalue weighted by atomic mass is 14.9. The Morgan fingerprint density at radius 2 is 2.43 bits per heavy atom. The Kier molecular flexibility index (Phi) is 1.13. The van der Waals surface area contributed by atoms with Crippen LogP contribution in [0.2, 0.25) is 0 Å². The van der Waals surface area contributed by atoms with Crippen LogP contribution in [0.1, 0.15) is 26.7 Å². The summed E-state index contributed by atoms with van der Waals surface area (Å²) in [6.07, 6.45) is 2.47. The monoisotopic (exact) mass is 97.1 g/mol. The number of hydrogen-bond donors (Lipinski definition) is 0. The van der Waals surface area contributed by atoms with E-state index >= 15 is 0 Å². The molecule has 1 aliphatic heterocycles. The lowest BCUT2D eigenvalue weighted by atomic mass is 10.0.